The van der Waals surface area contributed by atoms with Gasteiger partial charge in [0.25, 0.3) is 0 Å². The lowest BCUT2D eigenvalue weighted by atomic mass is 9.96. The Bertz CT molecular complexity index is 1300. The number of halogens is 2. The molecule has 5 rings (SSSR count). The van der Waals surface area contributed by atoms with Crippen LogP contribution in [-0.4, -0.2) is 76.5 Å². The summed E-state index contributed by atoms with van der Waals surface area (Å²) in [5, 5.41) is 3.32. The third-order valence-electron chi connectivity index (χ3n) is 6.50. The van der Waals surface area contributed by atoms with Crippen molar-refractivity contribution in [3.63, 3.8) is 0 Å². The fraction of sp³-hybridized carbons (Fsp3) is 0.375. The van der Waals surface area contributed by atoms with Crippen LogP contribution in [-0.2, 0) is 14.8 Å². The summed E-state index contributed by atoms with van der Waals surface area (Å²) in [6.07, 6.45) is 0. The van der Waals surface area contributed by atoms with Crippen LogP contribution in [0, 0.1) is 5.82 Å². The Morgan fingerprint density at radius 3 is 2.43 bits per heavy atom. The van der Waals surface area contributed by atoms with Gasteiger partial charge in [-0.15, -0.1) is 0 Å². The molecule has 0 saturated heterocycles. The number of benzene rings is 2. The first-order valence-electron chi connectivity index (χ1n) is 11.3. The van der Waals surface area contributed by atoms with E-state index in [9.17, 15) is 17.6 Å². The summed E-state index contributed by atoms with van der Waals surface area (Å²) in [5.74, 6) is -0.511. The molecule has 35 heavy (non-hydrogen) atoms. The molecule has 0 aromatic heterocycles. The minimum absolute atomic E-state index is 0.140. The zero-order valence-corrected chi connectivity index (χ0v) is 20.7. The number of carbonyl (C=O) groups is 1. The zero-order valence-electron chi connectivity index (χ0n) is 19.1. The molecule has 0 radical (unpaired) electrons. The van der Waals surface area contributed by atoms with Gasteiger partial charge in [0.05, 0.1) is 10.8 Å². The van der Waals surface area contributed by atoms with Gasteiger partial charge in [0.1, 0.15) is 19.0 Å². The van der Waals surface area contributed by atoms with Crippen LogP contribution in [0.25, 0.3) is 0 Å². The lowest BCUT2D eigenvalue weighted by Crippen LogP contribution is -2.40. The van der Waals surface area contributed by atoms with Crippen LogP contribution in [0.3, 0.4) is 0 Å². The maximum atomic E-state index is 14.5. The van der Waals surface area contributed by atoms with Crippen molar-refractivity contribution in [1.82, 2.24) is 14.5 Å². The highest BCUT2D eigenvalue weighted by Crippen LogP contribution is 2.36. The number of ether oxygens (including phenoxy) is 2. The molecule has 186 valence electrons. The van der Waals surface area contributed by atoms with Gasteiger partial charge < -0.3 is 19.7 Å². The predicted molar refractivity (Wildman–Crippen MR) is 128 cm³/mol. The number of fused-ring (bicyclic) bond motifs is 1. The largest absolute Gasteiger partial charge is 0.486 e. The molecule has 3 aliphatic rings. The first-order chi connectivity index (χ1) is 16.8. The molecule has 11 heteroatoms. The second-order valence-corrected chi connectivity index (χ2v) is 11.1. The highest BCUT2D eigenvalue weighted by molar-refractivity contribution is 7.89. The first kappa shape index (κ1) is 24.1. The van der Waals surface area contributed by atoms with E-state index in [2.05, 4.69) is 5.32 Å². The van der Waals surface area contributed by atoms with Gasteiger partial charge in [-0.05, 0) is 48.5 Å². The minimum Gasteiger partial charge on any atom is -0.486 e. The molecule has 8 nitrogen and oxygen atoms in total. The number of carbonyl (C=O) groups excluding carboxylic acids is 1. The van der Waals surface area contributed by atoms with E-state index in [-0.39, 0.29) is 36.0 Å². The minimum atomic E-state index is -3.75. The van der Waals surface area contributed by atoms with Gasteiger partial charge in [0.15, 0.2) is 11.5 Å². The van der Waals surface area contributed by atoms with Crippen LogP contribution in [0.2, 0.25) is 5.02 Å². The molecule has 3 heterocycles. The quantitative estimate of drug-likeness (QED) is 0.587. The van der Waals surface area contributed by atoms with Crippen molar-refractivity contribution in [3.05, 3.63) is 63.9 Å². The maximum Gasteiger partial charge on any atom is 0.243 e. The molecule has 2 aromatic carbocycles. The van der Waals surface area contributed by atoms with Crippen molar-refractivity contribution in [2.75, 3.05) is 53.0 Å². The number of likely N-dealkylation sites (N-methyl/N-ethyl adjacent to an activating group) is 1. The van der Waals surface area contributed by atoms with Crippen molar-refractivity contribution >= 4 is 27.5 Å². The molecule has 0 spiro atoms. The molecule has 1 amide bonds. The number of nitrogens with zero attached hydrogens (tertiary/aromatic N) is 2. The molecule has 0 saturated carbocycles. The van der Waals surface area contributed by atoms with Crippen LogP contribution in [0.5, 0.6) is 11.5 Å². The molecule has 2 aromatic rings. The molecule has 0 bridgehead atoms. The number of hydrogen-bond donors (Lipinski definition) is 1. The van der Waals surface area contributed by atoms with Crippen LogP contribution in [0.4, 0.5) is 4.39 Å². The van der Waals surface area contributed by atoms with Crippen molar-refractivity contribution in [3.8, 4) is 11.5 Å². The average molecular weight is 522 g/mol. The average Bonchev–Trinajstić information content (AvgIpc) is 3.44. The van der Waals surface area contributed by atoms with Crippen molar-refractivity contribution in [2.45, 2.75) is 10.8 Å². The van der Waals surface area contributed by atoms with Crippen LogP contribution in [0.15, 0.2) is 52.4 Å². The summed E-state index contributed by atoms with van der Waals surface area (Å²) in [6, 6.07) is 8.81. The van der Waals surface area contributed by atoms with E-state index in [1.165, 1.54) is 34.6 Å². The fourth-order valence-electron chi connectivity index (χ4n) is 4.74. The topological polar surface area (TPSA) is 88.2 Å². The van der Waals surface area contributed by atoms with Gasteiger partial charge in [-0.25, -0.2) is 12.8 Å². The third kappa shape index (κ3) is 4.51. The van der Waals surface area contributed by atoms with Crippen molar-refractivity contribution in [1.29, 1.82) is 0 Å². The fourth-order valence-corrected chi connectivity index (χ4v) is 6.37. The highest BCUT2D eigenvalue weighted by atomic mass is 35.5. The summed E-state index contributed by atoms with van der Waals surface area (Å²) >= 11 is 6.05. The summed E-state index contributed by atoms with van der Waals surface area (Å²) in [7, 11) is -2.05. The number of sulfonamides is 1. The van der Waals surface area contributed by atoms with Gasteiger partial charge >= 0.3 is 0 Å². The molecule has 1 atom stereocenters. The summed E-state index contributed by atoms with van der Waals surface area (Å²) in [6.45, 7) is 2.08. The molecular weight excluding hydrogens is 497 g/mol. The Morgan fingerprint density at radius 2 is 1.74 bits per heavy atom. The highest BCUT2D eigenvalue weighted by Gasteiger charge is 2.39. The van der Waals surface area contributed by atoms with E-state index in [4.69, 9.17) is 21.1 Å². The number of amides is 1. The smallest absolute Gasteiger partial charge is 0.243 e. The van der Waals surface area contributed by atoms with E-state index in [1.54, 1.807) is 18.0 Å². The number of nitrogens with one attached hydrogen (secondary N) is 1. The zero-order chi connectivity index (χ0) is 24.7. The lowest BCUT2D eigenvalue weighted by Gasteiger charge is -2.27. The van der Waals surface area contributed by atoms with Crippen molar-refractivity contribution in [2.24, 2.45) is 0 Å². The van der Waals surface area contributed by atoms with E-state index in [0.717, 1.165) is 11.1 Å². The van der Waals surface area contributed by atoms with Gasteiger partial charge in [0.2, 0.25) is 15.9 Å². The monoisotopic (exact) mass is 521 g/mol. The standard InChI is InChI=1S/C24H25ClFN3O5S/c1-27-10-20(19-8-17(25)2-4-21(19)26)24(30)28-11-15-13-29(14-16(15)12-28)35(31,32)18-3-5-22-23(9-18)34-7-6-33-22/h2-5,8-9,20,27H,6-7,10-14H2,1H3/t20-/m1/s1. The summed E-state index contributed by atoms with van der Waals surface area (Å²) in [4.78, 5) is 15.2. The molecule has 1 N–H and O–H groups in total. The van der Waals surface area contributed by atoms with Crippen LogP contribution >= 0.6 is 11.6 Å². The van der Waals surface area contributed by atoms with Crippen LogP contribution < -0.4 is 14.8 Å². The Hall–Kier alpha value is -2.66. The summed E-state index contributed by atoms with van der Waals surface area (Å²) < 4.78 is 53.5. The van der Waals surface area contributed by atoms with Gasteiger partial charge in [0, 0.05) is 49.4 Å². The van der Waals surface area contributed by atoms with Crippen LogP contribution in [0.1, 0.15) is 11.5 Å². The Kier molecular flexibility index (Phi) is 6.47. The number of hydrogen-bond acceptors (Lipinski definition) is 6. The normalized spacial score (nSPS) is 18.7. The van der Waals surface area contributed by atoms with Gasteiger partial charge in [-0.1, -0.05) is 11.6 Å². The molecule has 0 unspecified atom stereocenters. The SMILES string of the molecule is CNC[C@@H](C(=O)N1CC2=C(C1)CN(S(=O)(=O)c1ccc3c(c1)OCCO3)C2)c1cc(Cl)ccc1F. The van der Waals surface area contributed by atoms with Gasteiger partial charge in [-0.3, -0.25) is 4.79 Å². The first-order valence-corrected chi connectivity index (χ1v) is 13.1. The summed E-state index contributed by atoms with van der Waals surface area (Å²) in [5.41, 5.74) is 2.04. The van der Waals surface area contributed by atoms with Crippen molar-refractivity contribution < 1.29 is 27.1 Å². The Labute approximate surface area is 208 Å². The van der Waals surface area contributed by atoms with E-state index >= 15 is 0 Å². The van der Waals surface area contributed by atoms with E-state index < -0.39 is 21.8 Å². The van der Waals surface area contributed by atoms with E-state index in [0.29, 0.717) is 42.8 Å². The predicted octanol–water partition coefficient (Wildman–Crippen LogP) is 2.40. The molecule has 0 aliphatic carbocycles. The molecule has 0 fully saturated rings. The second-order valence-electron chi connectivity index (χ2n) is 8.76. The third-order valence-corrected chi connectivity index (χ3v) is 8.52. The Morgan fingerprint density at radius 1 is 1.06 bits per heavy atom. The number of rotatable bonds is 6. The Balaban J connectivity index is 1.29. The lowest BCUT2D eigenvalue weighted by molar-refractivity contribution is -0.131. The molecule has 3 aliphatic heterocycles. The van der Waals surface area contributed by atoms with Gasteiger partial charge in [-0.2, -0.15) is 4.31 Å². The second kappa shape index (κ2) is 9.42. The molecular formula is C24H25ClFN3O5S. The van der Waals surface area contributed by atoms with E-state index in [1.807, 2.05) is 0 Å². The maximum absolute atomic E-state index is 14.5.